The minimum Gasteiger partial charge on any atom is -0.492 e. The highest BCUT2D eigenvalue weighted by atomic mass is 79.9. The van der Waals surface area contributed by atoms with Gasteiger partial charge in [0.2, 0.25) is 0 Å². The molecule has 0 saturated heterocycles. The summed E-state index contributed by atoms with van der Waals surface area (Å²) in [6.07, 6.45) is -0.125. The predicted molar refractivity (Wildman–Crippen MR) is 83.0 cm³/mol. The SMILES string of the molecule is CCCOc1ccc(F)c(C(O)c2ccc(C)s2)c1Br. The van der Waals surface area contributed by atoms with Gasteiger partial charge in [-0.2, -0.15) is 0 Å². The van der Waals surface area contributed by atoms with E-state index in [0.29, 0.717) is 16.8 Å². The molecule has 1 unspecified atom stereocenters. The molecule has 1 atom stereocenters. The minimum atomic E-state index is -0.992. The highest BCUT2D eigenvalue weighted by molar-refractivity contribution is 9.10. The first-order valence-electron chi connectivity index (χ1n) is 6.39. The molecule has 1 N–H and O–H groups in total. The van der Waals surface area contributed by atoms with Crippen molar-refractivity contribution in [3.05, 3.63) is 49.9 Å². The lowest BCUT2D eigenvalue weighted by Crippen LogP contribution is -2.05. The van der Waals surface area contributed by atoms with Crippen LogP contribution in [0.25, 0.3) is 0 Å². The number of hydrogen-bond acceptors (Lipinski definition) is 3. The van der Waals surface area contributed by atoms with Crippen LogP contribution in [0.4, 0.5) is 4.39 Å². The molecule has 2 aromatic rings. The number of aliphatic hydroxyl groups excluding tert-OH is 1. The van der Waals surface area contributed by atoms with Crippen molar-refractivity contribution < 1.29 is 14.2 Å². The third kappa shape index (κ3) is 3.22. The van der Waals surface area contributed by atoms with E-state index in [1.54, 1.807) is 6.07 Å². The molecule has 1 aromatic heterocycles. The Morgan fingerprint density at radius 1 is 1.35 bits per heavy atom. The predicted octanol–water partition coefficient (Wildman–Crippen LogP) is 4.83. The Balaban J connectivity index is 2.39. The number of ether oxygens (including phenoxy) is 1. The summed E-state index contributed by atoms with van der Waals surface area (Å²) in [6.45, 7) is 4.51. The lowest BCUT2D eigenvalue weighted by atomic mass is 10.1. The Labute approximate surface area is 130 Å². The maximum atomic E-state index is 14.1. The fourth-order valence-corrected chi connectivity index (χ4v) is 3.39. The Kier molecular flexibility index (Phi) is 5.18. The first kappa shape index (κ1) is 15.5. The third-order valence-corrected chi connectivity index (χ3v) is 4.73. The van der Waals surface area contributed by atoms with Crippen molar-refractivity contribution in [1.82, 2.24) is 0 Å². The summed E-state index contributed by atoms with van der Waals surface area (Å²) in [6, 6.07) is 6.63. The molecule has 20 heavy (non-hydrogen) atoms. The zero-order valence-corrected chi connectivity index (χ0v) is 13.7. The van der Waals surface area contributed by atoms with Crippen molar-refractivity contribution >= 4 is 27.3 Å². The normalized spacial score (nSPS) is 12.4. The van der Waals surface area contributed by atoms with Gasteiger partial charge in [-0.1, -0.05) is 6.92 Å². The van der Waals surface area contributed by atoms with Gasteiger partial charge in [0.1, 0.15) is 17.7 Å². The van der Waals surface area contributed by atoms with Crippen LogP contribution in [-0.4, -0.2) is 11.7 Å². The van der Waals surface area contributed by atoms with E-state index < -0.39 is 11.9 Å². The molecule has 108 valence electrons. The van der Waals surface area contributed by atoms with E-state index in [0.717, 1.165) is 16.2 Å². The Morgan fingerprint density at radius 2 is 2.10 bits per heavy atom. The van der Waals surface area contributed by atoms with Crippen LogP contribution in [-0.2, 0) is 0 Å². The van der Waals surface area contributed by atoms with Gasteiger partial charge in [0.15, 0.2) is 0 Å². The van der Waals surface area contributed by atoms with E-state index >= 15 is 0 Å². The monoisotopic (exact) mass is 358 g/mol. The fourth-order valence-electron chi connectivity index (χ4n) is 1.87. The maximum Gasteiger partial charge on any atom is 0.134 e. The van der Waals surface area contributed by atoms with Crippen LogP contribution < -0.4 is 4.74 Å². The zero-order chi connectivity index (χ0) is 14.7. The van der Waals surface area contributed by atoms with Crippen LogP contribution in [0.15, 0.2) is 28.7 Å². The number of hydrogen-bond donors (Lipinski definition) is 1. The van der Waals surface area contributed by atoms with Gasteiger partial charge < -0.3 is 9.84 Å². The second kappa shape index (κ2) is 6.70. The molecular weight excluding hydrogens is 343 g/mol. The van der Waals surface area contributed by atoms with Gasteiger partial charge in [0, 0.05) is 15.3 Å². The minimum absolute atomic E-state index is 0.223. The molecule has 0 spiro atoms. The van der Waals surface area contributed by atoms with Gasteiger partial charge in [-0.05, 0) is 53.5 Å². The molecule has 2 nitrogen and oxygen atoms in total. The van der Waals surface area contributed by atoms with E-state index in [4.69, 9.17) is 4.74 Å². The first-order valence-corrected chi connectivity index (χ1v) is 8.00. The van der Waals surface area contributed by atoms with Gasteiger partial charge >= 0.3 is 0 Å². The standard InChI is InChI=1S/C15H16BrFO2S/c1-3-8-19-11-6-5-10(17)13(14(11)16)15(18)12-7-4-9(2)20-12/h4-7,15,18H,3,8H2,1-2H3. The second-order valence-electron chi connectivity index (χ2n) is 4.47. The van der Waals surface area contributed by atoms with Crippen molar-refractivity contribution in [2.24, 2.45) is 0 Å². The summed E-state index contributed by atoms with van der Waals surface area (Å²) in [5, 5.41) is 10.4. The van der Waals surface area contributed by atoms with E-state index in [1.807, 2.05) is 26.0 Å². The molecule has 2 rings (SSSR count). The molecule has 0 aliphatic heterocycles. The van der Waals surface area contributed by atoms with E-state index in [2.05, 4.69) is 15.9 Å². The Morgan fingerprint density at radius 3 is 2.70 bits per heavy atom. The van der Waals surface area contributed by atoms with Crippen molar-refractivity contribution in [2.45, 2.75) is 26.4 Å². The molecule has 5 heteroatoms. The van der Waals surface area contributed by atoms with Crippen LogP contribution in [0.5, 0.6) is 5.75 Å². The van der Waals surface area contributed by atoms with E-state index in [-0.39, 0.29) is 5.56 Å². The summed E-state index contributed by atoms with van der Waals surface area (Å²) >= 11 is 4.80. The lowest BCUT2D eigenvalue weighted by molar-refractivity contribution is 0.216. The molecular formula is C15H16BrFO2S. The van der Waals surface area contributed by atoms with Gasteiger partial charge in [0.05, 0.1) is 11.1 Å². The summed E-state index contributed by atoms with van der Waals surface area (Å²) in [4.78, 5) is 1.80. The summed E-state index contributed by atoms with van der Waals surface area (Å²) in [7, 11) is 0. The topological polar surface area (TPSA) is 29.5 Å². The zero-order valence-electron chi connectivity index (χ0n) is 11.3. The number of benzene rings is 1. The number of rotatable bonds is 5. The van der Waals surface area contributed by atoms with E-state index in [9.17, 15) is 9.50 Å². The number of halogens is 2. The lowest BCUT2D eigenvalue weighted by Gasteiger charge is -2.16. The molecule has 0 bridgehead atoms. The molecule has 0 radical (unpaired) electrons. The van der Waals surface area contributed by atoms with Crippen LogP contribution in [0.1, 0.15) is 34.8 Å². The van der Waals surface area contributed by atoms with Gasteiger partial charge in [-0.15, -0.1) is 11.3 Å². The molecule has 1 aromatic carbocycles. The largest absolute Gasteiger partial charge is 0.492 e. The molecule has 0 fully saturated rings. The first-order chi connectivity index (χ1) is 9.54. The highest BCUT2D eigenvalue weighted by Gasteiger charge is 2.22. The Hall–Kier alpha value is -0.910. The smallest absolute Gasteiger partial charge is 0.134 e. The summed E-state index contributed by atoms with van der Waals surface area (Å²) in [5.74, 6) is 0.106. The van der Waals surface area contributed by atoms with E-state index in [1.165, 1.54) is 17.4 Å². The van der Waals surface area contributed by atoms with Crippen molar-refractivity contribution in [3.63, 3.8) is 0 Å². The summed E-state index contributed by atoms with van der Waals surface area (Å²) in [5.41, 5.74) is 0.223. The van der Waals surface area contributed by atoms with Crippen LogP contribution in [0.3, 0.4) is 0 Å². The highest BCUT2D eigenvalue weighted by Crippen LogP contribution is 2.38. The van der Waals surface area contributed by atoms with Crippen molar-refractivity contribution in [1.29, 1.82) is 0 Å². The second-order valence-corrected chi connectivity index (χ2v) is 6.59. The molecule has 0 aliphatic carbocycles. The fraction of sp³-hybridized carbons (Fsp3) is 0.333. The molecule has 0 saturated carbocycles. The van der Waals surface area contributed by atoms with Crippen molar-refractivity contribution in [2.75, 3.05) is 6.61 Å². The average molecular weight is 359 g/mol. The van der Waals surface area contributed by atoms with Gasteiger partial charge in [0.25, 0.3) is 0 Å². The van der Waals surface area contributed by atoms with Crippen molar-refractivity contribution in [3.8, 4) is 5.75 Å². The molecule has 0 amide bonds. The maximum absolute atomic E-state index is 14.1. The van der Waals surface area contributed by atoms with Crippen LogP contribution in [0.2, 0.25) is 0 Å². The quantitative estimate of drug-likeness (QED) is 0.829. The van der Waals surface area contributed by atoms with Gasteiger partial charge in [-0.25, -0.2) is 4.39 Å². The Bertz CT molecular complexity index is 598. The molecule has 1 heterocycles. The van der Waals surface area contributed by atoms with Gasteiger partial charge in [-0.3, -0.25) is 0 Å². The van der Waals surface area contributed by atoms with Crippen LogP contribution in [0, 0.1) is 12.7 Å². The number of aryl methyl sites for hydroxylation is 1. The number of thiophene rings is 1. The summed E-state index contributed by atoms with van der Waals surface area (Å²) < 4.78 is 20.1. The average Bonchev–Trinajstić information content (AvgIpc) is 2.84. The van der Waals surface area contributed by atoms with Crippen LogP contribution >= 0.6 is 27.3 Å². The molecule has 0 aliphatic rings. The third-order valence-electron chi connectivity index (χ3n) is 2.86. The number of aliphatic hydroxyl groups is 1.